The first-order chi connectivity index (χ1) is 15.8. The van der Waals surface area contributed by atoms with Crippen molar-refractivity contribution < 1.29 is 0 Å². The number of unbranched alkanes of at least 4 members (excludes halogenated alkanes) is 24. The van der Waals surface area contributed by atoms with E-state index in [0.29, 0.717) is 0 Å². The maximum atomic E-state index is 2.55. The van der Waals surface area contributed by atoms with Crippen molar-refractivity contribution in [3.05, 3.63) is 0 Å². The Kier molecular flexibility index (Phi) is 29.0. The molecule has 0 aromatic carbocycles. The molecule has 0 rings (SSSR count). The summed E-state index contributed by atoms with van der Waals surface area (Å²) in [4.78, 5) is 2.55. The molecule has 0 fully saturated rings. The summed E-state index contributed by atoms with van der Waals surface area (Å²) < 4.78 is 0. The van der Waals surface area contributed by atoms with Crippen molar-refractivity contribution in [2.24, 2.45) is 0 Å². The van der Waals surface area contributed by atoms with Crippen LogP contribution >= 0.6 is 0 Å². The number of hydrogen-bond donors (Lipinski definition) is 0. The van der Waals surface area contributed by atoms with Crippen molar-refractivity contribution in [1.29, 1.82) is 0 Å². The second-order valence-electron chi connectivity index (χ2n) is 10.5. The molecule has 0 radical (unpaired) electrons. The van der Waals surface area contributed by atoms with E-state index in [4.69, 9.17) is 0 Å². The Morgan fingerprint density at radius 2 is 0.500 bits per heavy atom. The Hall–Kier alpha value is -0.0400. The van der Waals surface area contributed by atoms with Crippen molar-refractivity contribution in [3.8, 4) is 0 Å². The molecular weight excluding hydrogens is 386 g/mol. The van der Waals surface area contributed by atoms with Gasteiger partial charge in [-0.2, -0.15) is 0 Å². The largest absolute Gasteiger partial charge is 0.304 e. The molecule has 0 aromatic rings. The van der Waals surface area contributed by atoms with Crippen LogP contribution in [-0.4, -0.2) is 24.5 Å². The van der Waals surface area contributed by atoms with Gasteiger partial charge in [0, 0.05) is 0 Å². The van der Waals surface area contributed by atoms with Gasteiger partial charge in [0.25, 0.3) is 0 Å². The summed E-state index contributed by atoms with van der Waals surface area (Å²) >= 11 is 0. The predicted octanol–water partition coefficient (Wildman–Crippen LogP) is 11.1. The molecule has 0 spiro atoms. The number of hydrogen-bond acceptors (Lipinski definition) is 1. The number of rotatable bonds is 28. The lowest BCUT2D eigenvalue weighted by atomic mass is 10.0. The van der Waals surface area contributed by atoms with E-state index < -0.39 is 0 Å². The molecule has 194 valence electrons. The van der Waals surface area contributed by atoms with Gasteiger partial charge in [-0.15, -0.1) is 0 Å². The molecule has 0 unspecified atom stereocenters. The summed E-state index contributed by atoms with van der Waals surface area (Å²) in [7, 11) is 0. The smallest absolute Gasteiger partial charge is 0.00190 e. The number of nitrogens with zero attached hydrogens (tertiary/aromatic N) is 1. The normalized spacial score (nSPS) is 11.6. The van der Waals surface area contributed by atoms with Crippen molar-refractivity contribution in [2.45, 2.75) is 181 Å². The summed E-state index contributed by atoms with van der Waals surface area (Å²) in [6.45, 7) is 10.6. The molecule has 1 heteroatoms. The third-order valence-electron chi connectivity index (χ3n) is 7.47. The monoisotopic (exact) mass is 452 g/mol. The third kappa shape index (κ3) is 26.2. The van der Waals surface area contributed by atoms with E-state index in [2.05, 4.69) is 25.7 Å². The molecular formula is C31H65N. The van der Waals surface area contributed by atoms with Gasteiger partial charge in [0.05, 0.1) is 0 Å². The predicted molar refractivity (Wildman–Crippen MR) is 149 cm³/mol. The Bertz CT molecular complexity index is 310. The first-order valence-corrected chi connectivity index (χ1v) is 15.6. The average molecular weight is 452 g/mol. The second-order valence-corrected chi connectivity index (χ2v) is 10.5. The van der Waals surface area contributed by atoms with E-state index >= 15 is 0 Å². The molecule has 0 amide bonds. The fourth-order valence-electron chi connectivity index (χ4n) is 5.01. The van der Waals surface area contributed by atoms with Crippen LogP contribution in [-0.2, 0) is 0 Å². The Labute approximate surface area is 205 Å². The molecule has 0 aliphatic rings. The lowest BCUT2D eigenvalue weighted by molar-refractivity contribution is 0.295. The molecule has 32 heavy (non-hydrogen) atoms. The fourth-order valence-corrected chi connectivity index (χ4v) is 5.01. The van der Waals surface area contributed by atoms with Gasteiger partial charge in [0.1, 0.15) is 0 Å². The van der Waals surface area contributed by atoms with Gasteiger partial charge in [-0.1, -0.05) is 175 Å². The highest BCUT2D eigenvalue weighted by molar-refractivity contribution is 4.54. The summed E-state index contributed by atoms with van der Waals surface area (Å²) in [5, 5.41) is 0. The summed E-state index contributed by atoms with van der Waals surface area (Å²) in [5.74, 6) is 0. The van der Waals surface area contributed by atoms with Crippen molar-refractivity contribution in [1.82, 2.24) is 4.90 Å². The van der Waals surface area contributed by atoms with Crippen LogP contribution in [0.15, 0.2) is 0 Å². The van der Waals surface area contributed by atoms with Crippen LogP contribution in [0.25, 0.3) is 0 Å². The molecule has 0 N–H and O–H groups in total. The van der Waals surface area contributed by atoms with Crippen LogP contribution in [0.1, 0.15) is 181 Å². The van der Waals surface area contributed by atoms with Gasteiger partial charge in [-0.3, -0.25) is 0 Å². The van der Waals surface area contributed by atoms with Crippen LogP contribution in [0, 0.1) is 0 Å². The Balaban J connectivity index is 3.04. The standard InChI is InChI=1S/C31H65N/c1-4-7-8-9-10-11-12-13-14-15-16-17-18-19-20-21-22-23-24-25-26-27-28-29-30-31-32(5-2)6-3/h4-31H2,1-3H3. The Morgan fingerprint density at radius 3 is 0.719 bits per heavy atom. The second kappa shape index (κ2) is 29.0. The lowest BCUT2D eigenvalue weighted by Crippen LogP contribution is -2.23. The highest BCUT2D eigenvalue weighted by atomic mass is 15.1. The minimum Gasteiger partial charge on any atom is -0.304 e. The molecule has 0 aliphatic heterocycles. The van der Waals surface area contributed by atoms with Crippen LogP contribution in [0.2, 0.25) is 0 Å². The summed E-state index contributed by atoms with van der Waals surface area (Å²) in [5.41, 5.74) is 0. The van der Waals surface area contributed by atoms with Crippen molar-refractivity contribution in [2.75, 3.05) is 19.6 Å². The van der Waals surface area contributed by atoms with E-state index in [1.165, 1.54) is 180 Å². The summed E-state index contributed by atoms with van der Waals surface area (Å²) in [6, 6.07) is 0. The van der Waals surface area contributed by atoms with E-state index in [-0.39, 0.29) is 0 Å². The van der Waals surface area contributed by atoms with Crippen molar-refractivity contribution in [3.63, 3.8) is 0 Å². The molecule has 0 heterocycles. The summed E-state index contributed by atoms with van der Waals surface area (Å²) in [6.07, 6.45) is 36.8. The van der Waals surface area contributed by atoms with Gasteiger partial charge in [-0.05, 0) is 26.1 Å². The van der Waals surface area contributed by atoms with Crippen LogP contribution in [0.5, 0.6) is 0 Å². The molecule has 1 nitrogen and oxygen atoms in total. The highest BCUT2D eigenvalue weighted by Crippen LogP contribution is 2.15. The van der Waals surface area contributed by atoms with E-state index in [1.807, 2.05) is 0 Å². The van der Waals surface area contributed by atoms with Gasteiger partial charge < -0.3 is 4.90 Å². The van der Waals surface area contributed by atoms with Gasteiger partial charge >= 0.3 is 0 Å². The third-order valence-corrected chi connectivity index (χ3v) is 7.47. The minimum atomic E-state index is 1.22. The van der Waals surface area contributed by atoms with E-state index in [9.17, 15) is 0 Å². The quantitative estimate of drug-likeness (QED) is 0.107. The average Bonchev–Trinajstić information content (AvgIpc) is 2.81. The zero-order valence-electron chi connectivity index (χ0n) is 23.2. The molecule has 0 saturated carbocycles. The lowest BCUT2D eigenvalue weighted by Gasteiger charge is -2.17. The molecule has 0 bridgehead atoms. The highest BCUT2D eigenvalue weighted by Gasteiger charge is 1.99. The molecule has 0 aliphatic carbocycles. The first-order valence-electron chi connectivity index (χ1n) is 15.6. The zero-order valence-corrected chi connectivity index (χ0v) is 23.2. The maximum absolute atomic E-state index is 2.55. The van der Waals surface area contributed by atoms with Gasteiger partial charge in [0.2, 0.25) is 0 Å². The molecule has 0 atom stereocenters. The van der Waals surface area contributed by atoms with E-state index in [0.717, 1.165) is 0 Å². The first kappa shape index (κ1) is 32.0. The van der Waals surface area contributed by atoms with Gasteiger partial charge in [-0.25, -0.2) is 0 Å². The molecule has 0 aromatic heterocycles. The fraction of sp³-hybridized carbons (Fsp3) is 1.00. The Morgan fingerprint density at radius 1 is 0.281 bits per heavy atom. The van der Waals surface area contributed by atoms with Crippen LogP contribution in [0.4, 0.5) is 0 Å². The van der Waals surface area contributed by atoms with Crippen LogP contribution < -0.4 is 0 Å². The zero-order chi connectivity index (χ0) is 23.4. The van der Waals surface area contributed by atoms with Gasteiger partial charge in [0.15, 0.2) is 0 Å². The topological polar surface area (TPSA) is 3.24 Å². The molecule has 0 saturated heterocycles. The minimum absolute atomic E-state index is 1.22. The van der Waals surface area contributed by atoms with E-state index in [1.54, 1.807) is 0 Å². The maximum Gasteiger partial charge on any atom is -0.00190 e. The SMILES string of the molecule is CCCCCCCCCCCCCCCCCCCCCCCCCCCN(CC)CC. The van der Waals surface area contributed by atoms with Crippen molar-refractivity contribution >= 4 is 0 Å². The van der Waals surface area contributed by atoms with Crippen LogP contribution in [0.3, 0.4) is 0 Å².